The summed E-state index contributed by atoms with van der Waals surface area (Å²) in [4.78, 5) is 21.0. The van der Waals surface area contributed by atoms with Crippen LogP contribution in [0.2, 0.25) is 0 Å². The van der Waals surface area contributed by atoms with Crippen molar-refractivity contribution in [3.8, 4) is 0 Å². The first-order valence-electron chi connectivity index (χ1n) is 2.84. The Hall–Kier alpha value is -0.940. The van der Waals surface area contributed by atoms with Crippen molar-refractivity contribution in [3.63, 3.8) is 0 Å². The van der Waals surface area contributed by atoms with Gasteiger partial charge >= 0.3 is 12.0 Å². The van der Waals surface area contributed by atoms with Gasteiger partial charge in [0, 0.05) is 0 Å². The highest BCUT2D eigenvalue weighted by Crippen LogP contribution is 2.26. The Morgan fingerprint density at radius 1 is 1.58 bits per heavy atom. The average Bonchev–Trinajstić information content (AvgIpc) is 2.17. The molecule has 12 heavy (non-hydrogen) atoms. The number of nitrogens with two attached hydrogens (primary N) is 1. The molecule has 5 nitrogen and oxygen atoms in total. The second-order valence-electron chi connectivity index (χ2n) is 1.96. The summed E-state index contributed by atoms with van der Waals surface area (Å²) < 4.78 is 4.51. The minimum absolute atomic E-state index is 0.0690. The molecule has 1 unspecified atom stereocenters. The van der Waals surface area contributed by atoms with E-state index in [1.807, 2.05) is 0 Å². The highest BCUT2D eigenvalue weighted by atomic mass is 35.5. The standard InChI is InChI=1S/C5H4Cl2N2O3/c6-1-2(7)4(10)12-3(1)9-5(8)11/h3H,(H3,8,9,11). The second-order valence-corrected chi connectivity index (χ2v) is 2.74. The smallest absolute Gasteiger partial charge is 0.353 e. The maximum absolute atomic E-state index is 10.7. The van der Waals surface area contributed by atoms with Crippen molar-refractivity contribution in [1.29, 1.82) is 0 Å². The number of urea groups is 1. The number of hydrogen-bond donors (Lipinski definition) is 2. The molecule has 0 bridgehead atoms. The third-order valence-corrected chi connectivity index (χ3v) is 1.96. The van der Waals surface area contributed by atoms with Gasteiger partial charge in [-0.05, 0) is 0 Å². The fraction of sp³-hybridized carbons (Fsp3) is 0.200. The number of esters is 1. The number of halogens is 2. The normalized spacial score (nSPS) is 22.5. The first-order valence-corrected chi connectivity index (χ1v) is 3.60. The van der Waals surface area contributed by atoms with Gasteiger partial charge in [-0.2, -0.15) is 0 Å². The van der Waals surface area contributed by atoms with Crippen molar-refractivity contribution in [3.05, 3.63) is 10.1 Å². The van der Waals surface area contributed by atoms with E-state index < -0.39 is 18.2 Å². The molecule has 3 N–H and O–H groups in total. The minimum atomic E-state index is -1.05. The van der Waals surface area contributed by atoms with E-state index in [1.54, 1.807) is 0 Å². The molecule has 1 atom stereocenters. The van der Waals surface area contributed by atoms with Gasteiger partial charge in [0.05, 0.1) is 0 Å². The number of rotatable bonds is 1. The van der Waals surface area contributed by atoms with E-state index in [0.717, 1.165) is 0 Å². The maximum Gasteiger partial charge on any atom is 0.353 e. The molecule has 0 aromatic carbocycles. The molecule has 1 heterocycles. The van der Waals surface area contributed by atoms with Crippen LogP contribution in [0.15, 0.2) is 10.1 Å². The Morgan fingerprint density at radius 3 is 2.50 bits per heavy atom. The first-order chi connectivity index (χ1) is 5.52. The molecule has 0 fully saturated rings. The van der Waals surface area contributed by atoms with Gasteiger partial charge in [-0.15, -0.1) is 0 Å². The Balaban J connectivity index is 2.73. The summed E-state index contributed by atoms with van der Waals surface area (Å²) in [5.74, 6) is -0.777. The topological polar surface area (TPSA) is 81.4 Å². The van der Waals surface area contributed by atoms with E-state index in [1.165, 1.54) is 0 Å². The third-order valence-electron chi connectivity index (χ3n) is 1.12. The van der Waals surface area contributed by atoms with Gasteiger partial charge < -0.3 is 10.5 Å². The summed E-state index contributed by atoms with van der Waals surface area (Å²) in [7, 11) is 0. The molecule has 1 rings (SSSR count). The Kier molecular flexibility index (Phi) is 2.44. The lowest BCUT2D eigenvalue weighted by Gasteiger charge is -2.09. The van der Waals surface area contributed by atoms with Crippen LogP contribution in [0.3, 0.4) is 0 Å². The minimum Gasteiger partial charge on any atom is -0.432 e. The fourth-order valence-electron chi connectivity index (χ4n) is 0.645. The zero-order valence-corrected chi connectivity index (χ0v) is 7.15. The lowest BCUT2D eigenvalue weighted by molar-refractivity contribution is -0.139. The van der Waals surface area contributed by atoms with Crippen molar-refractivity contribution in [2.75, 3.05) is 0 Å². The molecule has 0 saturated carbocycles. The van der Waals surface area contributed by atoms with Gasteiger partial charge in [0.1, 0.15) is 10.1 Å². The summed E-state index contributed by atoms with van der Waals surface area (Å²) in [5, 5.41) is 1.76. The molecule has 0 spiro atoms. The molecule has 0 radical (unpaired) electrons. The van der Waals surface area contributed by atoms with Crippen LogP contribution in [-0.4, -0.2) is 18.2 Å². The van der Waals surface area contributed by atoms with Crippen molar-refractivity contribution in [2.24, 2.45) is 5.73 Å². The van der Waals surface area contributed by atoms with Crippen molar-refractivity contribution in [1.82, 2.24) is 5.32 Å². The molecule has 7 heteroatoms. The van der Waals surface area contributed by atoms with E-state index >= 15 is 0 Å². The van der Waals surface area contributed by atoms with E-state index in [-0.39, 0.29) is 10.1 Å². The number of ether oxygens (including phenoxy) is 1. The maximum atomic E-state index is 10.7. The lowest BCUT2D eigenvalue weighted by Crippen LogP contribution is -2.39. The number of carbonyl (C=O) groups excluding carboxylic acids is 2. The van der Waals surface area contributed by atoms with Crippen molar-refractivity contribution >= 4 is 35.2 Å². The Labute approximate surface area is 77.4 Å². The van der Waals surface area contributed by atoms with Gasteiger partial charge in [-0.25, -0.2) is 9.59 Å². The molecular weight excluding hydrogens is 207 g/mol. The molecule has 0 aliphatic carbocycles. The van der Waals surface area contributed by atoms with Crippen LogP contribution in [0, 0.1) is 0 Å². The molecule has 1 aliphatic rings. The molecule has 1 aliphatic heterocycles. The van der Waals surface area contributed by atoms with Crippen LogP contribution in [0.5, 0.6) is 0 Å². The van der Waals surface area contributed by atoms with E-state index in [2.05, 4.69) is 10.1 Å². The zero-order chi connectivity index (χ0) is 9.30. The molecule has 0 saturated heterocycles. The highest BCUT2D eigenvalue weighted by Gasteiger charge is 2.32. The zero-order valence-electron chi connectivity index (χ0n) is 5.64. The Morgan fingerprint density at radius 2 is 2.17 bits per heavy atom. The number of nitrogens with one attached hydrogen (secondary N) is 1. The summed E-state index contributed by atoms with van der Waals surface area (Å²) in [6, 6.07) is -0.850. The largest absolute Gasteiger partial charge is 0.432 e. The fourth-order valence-corrected chi connectivity index (χ4v) is 0.965. The summed E-state index contributed by atoms with van der Waals surface area (Å²) in [5.41, 5.74) is 4.76. The molecular formula is C5H4Cl2N2O3. The van der Waals surface area contributed by atoms with E-state index in [9.17, 15) is 9.59 Å². The number of cyclic esters (lactones) is 1. The predicted octanol–water partition coefficient (Wildman–Crippen LogP) is 0.227. The Bertz CT molecular complexity index is 276. The first kappa shape index (κ1) is 9.15. The van der Waals surface area contributed by atoms with Gasteiger partial charge in [-0.1, -0.05) is 23.2 Å². The van der Waals surface area contributed by atoms with Gasteiger partial charge in [0.2, 0.25) is 6.23 Å². The molecule has 0 aromatic heterocycles. The van der Waals surface area contributed by atoms with Crippen LogP contribution >= 0.6 is 23.2 Å². The van der Waals surface area contributed by atoms with Gasteiger partial charge in [0.15, 0.2) is 0 Å². The predicted molar refractivity (Wildman–Crippen MR) is 41.3 cm³/mol. The summed E-state index contributed by atoms with van der Waals surface area (Å²) in [6.45, 7) is 0. The SMILES string of the molecule is NC(=O)NC1OC(=O)C(Cl)=C1Cl. The van der Waals surface area contributed by atoms with Gasteiger partial charge in [0.25, 0.3) is 0 Å². The molecule has 66 valence electrons. The van der Waals surface area contributed by atoms with Crippen LogP contribution in [0.25, 0.3) is 0 Å². The van der Waals surface area contributed by atoms with Crippen LogP contribution < -0.4 is 11.1 Å². The second kappa shape index (κ2) is 3.20. The van der Waals surface area contributed by atoms with Gasteiger partial charge in [-0.3, -0.25) is 5.32 Å². The monoisotopic (exact) mass is 210 g/mol. The number of amides is 2. The number of hydrogen-bond acceptors (Lipinski definition) is 3. The third kappa shape index (κ3) is 1.62. The molecule has 0 aromatic rings. The van der Waals surface area contributed by atoms with Crippen LogP contribution in [0.1, 0.15) is 0 Å². The summed E-state index contributed by atoms with van der Waals surface area (Å²) in [6.07, 6.45) is -1.05. The van der Waals surface area contributed by atoms with E-state index in [4.69, 9.17) is 28.9 Å². The quantitative estimate of drug-likeness (QED) is 0.609. The average molecular weight is 211 g/mol. The van der Waals surface area contributed by atoms with E-state index in [0.29, 0.717) is 0 Å². The van der Waals surface area contributed by atoms with Crippen molar-refractivity contribution < 1.29 is 14.3 Å². The number of carbonyl (C=O) groups is 2. The number of primary amides is 1. The van der Waals surface area contributed by atoms with Crippen LogP contribution in [0.4, 0.5) is 4.79 Å². The van der Waals surface area contributed by atoms with Crippen LogP contribution in [-0.2, 0) is 9.53 Å². The van der Waals surface area contributed by atoms with Crippen molar-refractivity contribution in [2.45, 2.75) is 6.23 Å². The summed E-state index contributed by atoms with van der Waals surface area (Å²) >= 11 is 10.9. The lowest BCUT2D eigenvalue weighted by atomic mass is 10.5. The molecule has 2 amide bonds. The highest BCUT2D eigenvalue weighted by molar-refractivity contribution is 6.48.